The fraction of sp³-hybridized carbons (Fsp3) is 0.632. The van der Waals surface area contributed by atoms with Crippen LogP contribution < -0.4 is 0 Å². The van der Waals surface area contributed by atoms with Crippen molar-refractivity contribution in [3.05, 3.63) is 35.4 Å². The third kappa shape index (κ3) is 3.97. The van der Waals surface area contributed by atoms with Crippen LogP contribution in [0.2, 0.25) is 0 Å². The molecule has 1 amide bonds. The van der Waals surface area contributed by atoms with E-state index in [4.69, 9.17) is 0 Å². The number of nitrogens with zero attached hydrogens (tertiary/aromatic N) is 3. The summed E-state index contributed by atoms with van der Waals surface area (Å²) < 4.78 is 0. The molecule has 0 bridgehead atoms. The van der Waals surface area contributed by atoms with Gasteiger partial charge < -0.3 is 14.9 Å². The highest BCUT2D eigenvalue weighted by Crippen LogP contribution is 2.20. The summed E-state index contributed by atoms with van der Waals surface area (Å²) in [5.74, 6) is 0.0879. The van der Waals surface area contributed by atoms with Crippen LogP contribution in [-0.4, -0.2) is 84.2 Å². The maximum absolute atomic E-state index is 12.8. The van der Waals surface area contributed by atoms with Crippen molar-refractivity contribution in [1.29, 1.82) is 0 Å². The molecule has 0 spiro atoms. The number of carbonyl (C=O) groups excluding carboxylic acids is 1. The smallest absolute Gasteiger partial charge is 0.253 e. The van der Waals surface area contributed by atoms with E-state index < -0.39 is 0 Å². The first kappa shape index (κ1) is 17.4. The van der Waals surface area contributed by atoms with Gasteiger partial charge in [0.25, 0.3) is 5.91 Å². The summed E-state index contributed by atoms with van der Waals surface area (Å²) >= 11 is 0. The number of aryl methyl sites for hydroxylation is 1. The lowest BCUT2D eigenvalue weighted by molar-refractivity contribution is 0.0224. The van der Waals surface area contributed by atoms with Gasteiger partial charge in [0.05, 0.1) is 6.10 Å². The van der Waals surface area contributed by atoms with Gasteiger partial charge in [0.1, 0.15) is 0 Å². The van der Waals surface area contributed by atoms with E-state index in [9.17, 15) is 9.90 Å². The van der Waals surface area contributed by atoms with Crippen molar-refractivity contribution in [2.24, 2.45) is 0 Å². The van der Waals surface area contributed by atoms with Gasteiger partial charge in [-0.15, -0.1) is 0 Å². The number of carbonyl (C=O) groups is 1. The standard InChI is InChI=1S/C19H29N3O2/c1-15-4-3-5-16(14-15)19(24)22-8-6-17(18(23)7-9-22)21-12-10-20(2)11-13-21/h3-5,14,17-18,23H,6-13H2,1-2H3/t17-,18-/m0/s1. The molecular formula is C19H29N3O2. The summed E-state index contributed by atoms with van der Waals surface area (Å²) in [6, 6.07) is 7.94. The van der Waals surface area contributed by atoms with Crippen molar-refractivity contribution in [2.75, 3.05) is 46.3 Å². The Morgan fingerprint density at radius 2 is 1.79 bits per heavy atom. The van der Waals surface area contributed by atoms with E-state index in [0.717, 1.165) is 50.3 Å². The predicted molar refractivity (Wildman–Crippen MR) is 95.2 cm³/mol. The van der Waals surface area contributed by atoms with E-state index in [1.165, 1.54) is 0 Å². The molecule has 5 heteroatoms. The molecule has 0 aliphatic carbocycles. The van der Waals surface area contributed by atoms with Crippen LogP contribution in [0.25, 0.3) is 0 Å². The molecule has 2 atom stereocenters. The van der Waals surface area contributed by atoms with Crippen molar-refractivity contribution >= 4 is 5.91 Å². The highest BCUT2D eigenvalue weighted by Gasteiger charge is 2.32. The number of amides is 1. The zero-order valence-electron chi connectivity index (χ0n) is 14.8. The molecule has 24 heavy (non-hydrogen) atoms. The Labute approximate surface area is 144 Å². The highest BCUT2D eigenvalue weighted by atomic mass is 16.3. The van der Waals surface area contributed by atoms with Gasteiger partial charge in [-0.1, -0.05) is 17.7 Å². The van der Waals surface area contributed by atoms with Gasteiger partial charge in [0, 0.05) is 50.9 Å². The molecular weight excluding hydrogens is 302 g/mol. The second kappa shape index (κ2) is 7.64. The van der Waals surface area contributed by atoms with Gasteiger partial charge in [-0.05, 0) is 38.9 Å². The quantitative estimate of drug-likeness (QED) is 0.885. The highest BCUT2D eigenvalue weighted by molar-refractivity contribution is 5.94. The number of aliphatic hydroxyl groups is 1. The van der Waals surface area contributed by atoms with Gasteiger partial charge >= 0.3 is 0 Å². The Balaban J connectivity index is 1.64. The van der Waals surface area contributed by atoms with E-state index in [1.54, 1.807) is 0 Å². The Morgan fingerprint density at radius 3 is 2.50 bits per heavy atom. The van der Waals surface area contributed by atoms with Crippen molar-refractivity contribution in [2.45, 2.75) is 31.9 Å². The molecule has 1 aromatic carbocycles. The normalized spacial score (nSPS) is 27.0. The molecule has 0 unspecified atom stereocenters. The first-order valence-corrected chi connectivity index (χ1v) is 9.01. The van der Waals surface area contributed by atoms with Crippen LogP contribution in [0.15, 0.2) is 24.3 Å². The molecule has 1 aromatic rings. The maximum atomic E-state index is 12.8. The molecule has 0 radical (unpaired) electrons. The molecule has 0 aromatic heterocycles. The zero-order chi connectivity index (χ0) is 17.1. The van der Waals surface area contributed by atoms with Gasteiger partial charge in [-0.3, -0.25) is 9.69 Å². The minimum Gasteiger partial charge on any atom is -0.391 e. The number of likely N-dealkylation sites (tertiary alicyclic amines) is 1. The van der Waals surface area contributed by atoms with E-state index >= 15 is 0 Å². The van der Waals surface area contributed by atoms with E-state index in [1.807, 2.05) is 36.1 Å². The molecule has 5 nitrogen and oxygen atoms in total. The molecule has 2 fully saturated rings. The number of piperazine rings is 1. The van der Waals surface area contributed by atoms with Crippen LogP contribution in [0.3, 0.4) is 0 Å². The molecule has 132 valence electrons. The topological polar surface area (TPSA) is 47.0 Å². The predicted octanol–water partition coefficient (Wildman–Crippen LogP) is 1.21. The minimum absolute atomic E-state index is 0.0879. The second-order valence-electron chi connectivity index (χ2n) is 7.21. The van der Waals surface area contributed by atoms with Gasteiger partial charge in [-0.25, -0.2) is 0 Å². The SMILES string of the molecule is Cc1cccc(C(=O)N2CC[C@H](O)[C@@H](N3CCN(C)CC3)CC2)c1. The summed E-state index contributed by atoms with van der Waals surface area (Å²) in [6.45, 7) is 7.48. The van der Waals surface area contributed by atoms with Crippen LogP contribution in [0.5, 0.6) is 0 Å². The van der Waals surface area contributed by atoms with Crippen molar-refractivity contribution in [1.82, 2.24) is 14.7 Å². The lowest BCUT2D eigenvalue weighted by atomic mass is 10.0. The van der Waals surface area contributed by atoms with E-state index in [0.29, 0.717) is 13.0 Å². The molecule has 2 saturated heterocycles. The van der Waals surface area contributed by atoms with Crippen LogP contribution >= 0.6 is 0 Å². The average Bonchev–Trinajstić information content (AvgIpc) is 2.77. The third-order valence-corrected chi connectivity index (χ3v) is 5.39. The van der Waals surface area contributed by atoms with Crippen LogP contribution in [-0.2, 0) is 0 Å². The number of hydrogen-bond donors (Lipinski definition) is 1. The lowest BCUT2D eigenvalue weighted by Gasteiger charge is -2.39. The second-order valence-corrected chi connectivity index (χ2v) is 7.21. The number of likely N-dealkylation sites (N-methyl/N-ethyl adjacent to an activating group) is 1. The summed E-state index contributed by atoms with van der Waals surface area (Å²) in [5, 5.41) is 10.6. The summed E-state index contributed by atoms with van der Waals surface area (Å²) in [4.78, 5) is 19.4. The Morgan fingerprint density at radius 1 is 1.08 bits per heavy atom. The summed E-state index contributed by atoms with van der Waals surface area (Å²) in [6.07, 6.45) is 1.17. The lowest BCUT2D eigenvalue weighted by Crippen LogP contribution is -2.52. The van der Waals surface area contributed by atoms with Crippen molar-refractivity contribution in [3.8, 4) is 0 Å². The summed E-state index contributed by atoms with van der Waals surface area (Å²) in [5.41, 5.74) is 1.86. The van der Waals surface area contributed by atoms with Crippen LogP contribution in [0.4, 0.5) is 0 Å². The van der Waals surface area contributed by atoms with Crippen molar-refractivity contribution in [3.63, 3.8) is 0 Å². The average molecular weight is 331 g/mol. The fourth-order valence-electron chi connectivity index (χ4n) is 3.82. The Bertz CT molecular complexity index is 569. The molecule has 3 rings (SSSR count). The van der Waals surface area contributed by atoms with E-state index in [2.05, 4.69) is 16.8 Å². The fourth-order valence-corrected chi connectivity index (χ4v) is 3.82. The molecule has 2 aliphatic rings. The first-order chi connectivity index (χ1) is 11.5. The molecule has 2 heterocycles. The number of hydrogen-bond acceptors (Lipinski definition) is 4. The molecule has 0 saturated carbocycles. The minimum atomic E-state index is -0.344. The molecule has 2 aliphatic heterocycles. The van der Waals surface area contributed by atoms with Crippen LogP contribution in [0, 0.1) is 6.92 Å². The van der Waals surface area contributed by atoms with Crippen LogP contribution in [0.1, 0.15) is 28.8 Å². The third-order valence-electron chi connectivity index (χ3n) is 5.39. The van der Waals surface area contributed by atoms with Gasteiger partial charge in [-0.2, -0.15) is 0 Å². The van der Waals surface area contributed by atoms with Gasteiger partial charge in [0.2, 0.25) is 0 Å². The number of aliphatic hydroxyl groups excluding tert-OH is 1. The van der Waals surface area contributed by atoms with E-state index in [-0.39, 0.29) is 18.1 Å². The molecule has 1 N–H and O–H groups in total. The largest absolute Gasteiger partial charge is 0.391 e. The Hall–Kier alpha value is -1.43. The number of benzene rings is 1. The summed E-state index contributed by atoms with van der Waals surface area (Å²) in [7, 11) is 2.14. The monoisotopic (exact) mass is 331 g/mol. The van der Waals surface area contributed by atoms with Gasteiger partial charge in [0.15, 0.2) is 0 Å². The zero-order valence-corrected chi connectivity index (χ0v) is 14.8. The van der Waals surface area contributed by atoms with Crippen molar-refractivity contribution < 1.29 is 9.90 Å². The first-order valence-electron chi connectivity index (χ1n) is 9.01. The Kier molecular flexibility index (Phi) is 5.54. The maximum Gasteiger partial charge on any atom is 0.253 e. The number of rotatable bonds is 2.